The molecular formula is C19H22FN5O4S. The molecule has 0 aliphatic carbocycles. The third kappa shape index (κ3) is 5.03. The maximum absolute atomic E-state index is 14.4. The van der Waals surface area contributed by atoms with E-state index >= 15 is 0 Å². The van der Waals surface area contributed by atoms with Gasteiger partial charge < -0.3 is 9.84 Å². The molecule has 2 atom stereocenters. The molecule has 1 aliphatic rings. The molecule has 2 aromatic rings. The van der Waals surface area contributed by atoms with Gasteiger partial charge in [0.2, 0.25) is 0 Å². The number of nitrogens with zero attached hydrogens (tertiary/aromatic N) is 5. The van der Waals surface area contributed by atoms with E-state index in [4.69, 9.17) is 9.84 Å². The molecule has 1 saturated heterocycles. The number of hydrogen-bond acceptors (Lipinski definition) is 8. The number of carbonyl (C=O) groups is 2. The highest BCUT2D eigenvalue weighted by Crippen LogP contribution is 2.31. The fourth-order valence-corrected chi connectivity index (χ4v) is 3.65. The highest BCUT2D eigenvalue weighted by atomic mass is 32.1. The molecule has 0 bridgehead atoms. The Labute approximate surface area is 177 Å². The lowest BCUT2D eigenvalue weighted by atomic mass is 9.97. The number of carbonyl (C=O) groups excluding carboxylic acids is 1. The Morgan fingerprint density at radius 2 is 2.20 bits per heavy atom. The van der Waals surface area contributed by atoms with Gasteiger partial charge >= 0.3 is 11.9 Å². The first kappa shape index (κ1) is 21.9. The van der Waals surface area contributed by atoms with Gasteiger partial charge in [-0.2, -0.15) is 12.6 Å². The number of ether oxygens (including phenoxy) is 1. The van der Waals surface area contributed by atoms with Gasteiger partial charge in [-0.3, -0.25) is 9.69 Å². The number of carboxylic acids is 1. The summed E-state index contributed by atoms with van der Waals surface area (Å²) in [7, 11) is 1.27. The molecule has 1 aromatic heterocycles. The Morgan fingerprint density at radius 3 is 2.90 bits per heavy atom. The fourth-order valence-electron chi connectivity index (χ4n) is 3.38. The van der Waals surface area contributed by atoms with Crippen LogP contribution in [0.2, 0.25) is 0 Å². The molecule has 30 heavy (non-hydrogen) atoms. The number of aromatic nitrogens is 4. The Balaban J connectivity index is 1.88. The number of hydrogen-bond donors (Lipinski definition) is 2. The second-order valence-electron chi connectivity index (χ2n) is 6.85. The van der Waals surface area contributed by atoms with Crippen LogP contribution in [-0.4, -0.2) is 67.6 Å². The maximum Gasteiger partial charge on any atom is 0.327 e. The predicted octanol–water partition coefficient (Wildman–Crippen LogP) is 1.59. The lowest BCUT2D eigenvalue weighted by Crippen LogP contribution is -2.42. The summed E-state index contributed by atoms with van der Waals surface area (Å²) in [6, 6.07) is 5.22. The van der Waals surface area contributed by atoms with Crippen LogP contribution < -0.4 is 0 Å². The van der Waals surface area contributed by atoms with E-state index in [1.807, 2.05) is 4.90 Å². The van der Waals surface area contributed by atoms with Gasteiger partial charge in [0, 0.05) is 23.9 Å². The summed E-state index contributed by atoms with van der Waals surface area (Å²) in [4.78, 5) is 25.2. The topological polar surface area (TPSA) is 110 Å². The Morgan fingerprint density at radius 1 is 1.43 bits per heavy atom. The van der Waals surface area contributed by atoms with Crippen LogP contribution in [0.1, 0.15) is 30.3 Å². The minimum absolute atomic E-state index is 0.107. The van der Waals surface area contributed by atoms with Crippen LogP contribution in [0.3, 0.4) is 0 Å². The van der Waals surface area contributed by atoms with Crippen molar-refractivity contribution in [2.75, 3.05) is 20.2 Å². The van der Waals surface area contributed by atoms with E-state index in [2.05, 4.69) is 28.2 Å². The standard InChI is InChI=1S/C19H22FN5O4S/c1-29-19(28)18(13-4-2-3-5-14(13)20)24-8-6-15(30)12(11-24)10-16-21-22-23-25(16)9-7-17(26)27/h2-5,10,15,18,30H,6-9,11H2,1H3,(H,26,27)/b12-10+. The molecule has 160 valence electrons. The third-order valence-electron chi connectivity index (χ3n) is 4.90. The predicted molar refractivity (Wildman–Crippen MR) is 108 cm³/mol. The molecule has 0 spiro atoms. The number of esters is 1. The van der Waals surface area contributed by atoms with Gasteiger partial charge in [0.15, 0.2) is 5.82 Å². The number of thiol groups is 1. The zero-order valence-corrected chi connectivity index (χ0v) is 17.2. The minimum atomic E-state index is -0.953. The number of carboxylic acid groups (broad SMARTS) is 1. The van der Waals surface area contributed by atoms with E-state index in [-0.39, 0.29) is 23.8 Å². The summed E-state index contributed by atoms with van der Waals surface area (Å²) in [5.74, 6) is -1.59. The van der Waals surface area contributed by atoms with Crippen molar-refractivity contribution >= 4 is 30.6 Å². The molecule has 0 radical (unpaired) electrons. The highest BCUT2D eigenvalue weighted by molar-refractivity contribution is 7.81. The first-order valence-electron chi connectivity index (χ1n) is 9.33. The van der Waals surface area contributed by atoms with Gasteiger partial charge in [0.05, 0.1) is 20.1 Å². The van der Waals surface area contributed by atoms with Crippen molar-refractivity contribution in [1.82, 2.24) is 25.1 Å². The number of aliphatic carboxylic acids is 1. The third-order valence-corrected chi connectivity index (χ3v) is 5.49. The van der Waals surface area contributed by atoms with Gasteiger partial charge in [-0.25, -0.2) is 13.9 Å². The molecule has 2 heterocycles. The monoisotopic (exact) mass is 435 g/mol. The van der Waals surface area contributed by atoms with Crippen molar-refractivity contribution in [3.63, 3.8) is 0 Å². The molecule has 0 amide bonds. The average Bonchev–Trinajstić information content (AvgIpc) is 3.17. The second-order valence-corrected chi connectivity index (χ2v) is 7.47. The molecular weight excluding hydrogens is 413 g/mol. The van der Waals surface area contributed by atoms with Gasteiger partial charge in [0.1, 0.15) is 11.9 Å². The van der Waals surface area contributed by atoms with Crippen molar-refractivity contribution in [3.05, 3.63) is 47.0 Å². The molecule has 1 aliphatic heterocycles. The first-order chi connectivity index (χ1) is 14.4. The van der Waals surface area contributed by atoms with Gasteiger partial charge in [-0.05, 0) is 34.6 Å². The van der Waals surface area contributed by atoms with Crippen molar-refractivity contribution in [1.29, 1.82) is 0 Å². The molecule has 0 saturated carbocycles. The lowest BCUT2D eigenvalue weighted by molar-refractivity contribution is -0.147. The number of tetrazole rings is 1. The van der Waals surface area contributed by atoms with Crippen molar-refractivity contribution in [2.24, 2.45) is 0 Å². The van der Waals surface area contributed by atoms with E-state index in [9.17, 15) is 14.0 Å². The molecule has 1 N–H and O–H groups in total. The number of aryl methyl sites for hydroxylation is 1. The normalized spacial score (nSPS) is 19.6. The summed E-state index contributed by atoms with van der Waals surface area (Å²) in [6.07, 6.45) is 2.24. The van der Waals surface area contributed by atoms with E-state index in [1.54, 1.807) is 24.3 Å². The van der Waals surface area contributed by atoms with Crippen LogP contribution in [0.25, 0.3) is 6.08 Å². The number of halogens is 1. The van der Waals surface area contributed by atoms with Crippen molar-refractivity contribution < 1.29 is 23.8 Å². The molecule has 1 fully saturated rings. The number of piperidine rings is 1. The number of benzene rings is 1. The quantitative estimate of drug-likeness (QED) is 0.498. The van der Waals surface area contributed by atoms with Crippen LogP contribution >= 0.6 is 12.6 Å². The van der Waals surface area contributed by atoms with Gasteiger partial charge in [0.25, 0.3) is 0 Å². The summed E-state index contributed by atoms with van der Waals surface area (Å²) in [6.45, 7) is 0.972. The molecule has 2 unspecified atom stereocenters. The Bertz CT molecular complexity index is 951. The lowest BCUT2D eigenvalue weighted by Gasteiger charge is -2.36. The smallest absolute Gasteiger partial charge is 0.327 e. The second kappa shape index (κ2) is 9.81. The fraction of sp³-hybridized carbons (Fsp3) is 0.421. The van der Waals surface area contributed by atoms with E-state index in [1.165, 1.54) is 17.9 Å². The van der Waals surface area contributed by atoms with E-state index in [0.29, 0.717) is 25.3 Å². The Kier molecular flexibility index (Phi) is 7.16. The summed E-state index contributed by atoms with van der Waals surface area (Å²) < 4.78 is 20.8. The van der Waals surface area contributed by atoms with Crippen molar-refractivity contribution in [3.8, 4) is 0 Å². The maximum atomic E-state index is 14.4. The van der Waals surface area contributed by atoms with Gasteiger partial charge in [-0.1, -0.05) is 18.2 Å². The van der Waals surface area contributed by atoms with Crippen LogP contribution in [0.5, 0.6) is 0 Å². The largest absolute Gasteiger partial charge is 0.481 e. The van der Waals surface area contributed by atoms with Crippen LogP contribution in [-0.2, 0) is 20.9 Å². The summed E-state index contributed by atoms with van der Waals surface area (Å²) in [5, 5.41) is 20.1. The zero-order chi connectivity index (χ0) is 21.7. The SMILES string of the molecule is COC(=O)C(c1ccccc1F)N1CCC(S)/C(=C/c2nnnn2CCC(=O)O)C1. The van der Waals surface area contributed by atoms with E-state index < -0.39 is 23.8 Å². The molecule has 9 nitrogen and oxygen atoms in total. The molecule has 1 aromatic carbocycles. The zero-order valence-electron chi connectivity index (χ0n) is 16.3. The number of rotatable bonds is 7. The van der Waals surface area contributed by atoms with Crippen molar-refractivity contribution in [2.45, 2.75) is 30.7 Å². The number of methoxy groups -OCH3 is 1. The average molecular weight is 435 g/mol. The van der Waals surface area contributed by atoms with Crippen LogP contribution in [0, 0.1) is 5.82 Å². The molecule has 11 heteroatoms. The minimum Gasteiger partial charge on any atom is -0.481 e. The Hall–Kier alpha value is -2.79. The van der Waals surface area contributed by atoms with E-state index in [0.717, 1.165) is 5.57 Å². The van der Waals surface area contributed by atoms with Gasteiger partial charge in [-0.15, -0.1) is 5.10 Å². The first-order valence-corrected chi connectivity index (χ1v) is 9.85. The summed E-state index contributed by atoms with van der Waals surface area (Å²) in [5.41, 5.74) is 1.08. The van der Waals surface area contributed by atoms with Crippen LogP contribution in [0.15, 0.2) is 29.8 Å². The highest BCUT2D eigenvalue weighted by Gasteiger charge is 2.34. The summed E-state index contributed by atoms with van der Waals surface area (Å²) >= 11 is 4.62. The molecule has 3 rings (SSSR count). The van der Waals surface area contributed by atoms with Crippen LogP contribution in [0.4, 0.5) is 4.39 Å². The number of likely N-dealkylation sites (tertiary alicyclic amines) is 1.